The van der Waals surface area contributed by atoms with Gasteiger partial charge in [-0.2, -0.15) is 15.5 Å². The Morgan fingerprint density at radius 2 is 2.21 bits per heavy atom. The summed E-state index contributed by atoms with van der Waals surface area (Å²) in [4.78, 5) is 12.0. The van der Waals surface area contributed by atoms with Gasteiger partial charge in [-0.15, -0.1) is 0 Å². The van der Waals surface area contributed by atoms with Crippen molar-refractivity contribution in [3.05, 3.63) is 33.3 Å². The Morgan fingerprint density at radius 1 is 1.46 bits per heavy atom. The maximum atomic E-state index is 12.0. The van der Waals surface area contributed by atoms with E-state index in [4.69, 9.17) is 23.2 Å². The number of carbonyl (C=O) groups excluding carboxylic acids is 1. The van der Waals surface area contributed by atoms with Crippen LogP contribution in [0.1, 0.15) is 11.1 Å². The number of carbonyl (C=O) groups is 1. The van der Waals surface area contributed by atoms with Crippen LogP contribution in [0, 0.1) is 11.3 Å². The molecule has 1 aromatic rings. The number of rotatable bonds is 2. The summed E-state index contributed by atoms with van der Waals surface area (Å²) in [6.07, 6.45) is 1.68. The lowest BCUT2D eigenvalue weighted by Crippen LogP contribution is -2.52. The number of benzene rings is 1. The molecular weight excluding hydrogens is 389 g/mol. The van der Waals surface area contributed by atoms with Gasteiger partial charge in [-0.1, -0.05) is 46.7 Å². The van der Waals surface area contributed by atoms with Crippen molar-refractivity contribution in [1.29, 1.82) is 5.26 Å². The maximum Gasteiger partial charge on any atom is 0.256 e. The molecule has 1 amide bonds. The number of halogens is 2. The molecule has 0 radical (unpaired) electrons. The summed E-state index contributed by atoms with van der Waals surface area (Å²) < 4.78 is 0.749. The highest BCUT2D eigenvalue weighted by Gasteiger charge is 2.38. The fraction of sp³-hybridized carbons (Fsp3) is 0.286. The van der Waals surface area contributed by atoms with Crippen LogP contribution in [0.25, 0.3) is 0 Å². The first kappa shape index (κ1) is 17.4. The van der Waals surface area contributed by atoms with E-state index in [0.29, 0.717) is 21.4 Å². The van der Waals surface area contributed by atoms with Crippen LogP contribution in [0.5, 0.6) is 0 Å². The molecule has 2 heterocycles. The standard InChI is InChI=1S/C14H11Cl2N5OS2/c1-21-11-5-18-19-13(22)12(11)24-14(20-21)23-6-8-3-10(16)9(15)2-7(8)4-17/h2-3,5,11-12H,6H2,1H3,(H,19,22). The average molecular weight is 400 g/mol. The second kappa shape index (κ2) is 7.23. The second-order valence-corrected chi connectivity index (χ2v) is 8.21. The van der Waals surface area contributed by atoms with Crippen LogP contribution in [0.3, 0.4) is 0 Å². The second-order valence-electron chi connectivity index (χ2n) is 5.05. The highest BCUT2D eigenvalue weighted by atomic mass is 35.5. The molecule has 0 bridgehead atoms. The normalized spacial score (nSPS) is 22.5. The van der Waals surface area contributed by atoms with Crippen LogP contribution in [-0.4, -0.2) is 39.8 Å². The zero-order valence-electron chi connectivity index (χ0n) is 12.4. The Kier molecular flexibility index (Phi) is 5.25. The van der Waals surface area contributed by atoms with Crippen LogP contribution in [0.4, 0.5) is 0 Å². The Labute approximate surface area is 157 Å². The summed E-state index contributed by atoms with van der Waals surface area (Å²) in [6, 6.07) is 5.21. The molecule has 1 N–H and O–H groups in total. The summed E-state index contributed by atoms with van der Waals surface area (Å²) in [5.41, 5.74) is 3.73. The molecule has 0 fully saturated rings. The van der Waals surface area contributed by atoms with E-state index in [1.54, 1.807) is 23.4 Å². The van der Waals surface area contributed by atoms with Crippen molar-refractivity contribution < 1.29 is 4.79 Å². The molecule has 0 aliphatic carbocycles. The van der Waals surface area contributed by atoms with E-state index < -0.39 is 0 Å². The molecule has 0 saturated carbocycles. The molecule has 2 unspecified atom stereocenters. The van der Waals surface area contributed by atoms with Crippen LogP contribution in [-0.2, 0) is 10.5 Å². The lowest BCUT2D eigenvalue weighted by atomic mass is 10.1. The van der Waals surface area contributed by atoms with Crippen molar-refractivity contribution in [3.8, 4) is 6.07 Å². The van der Waals surface area contributed by atoms with Crippen molar-refractivity contribution in [1.82, 2.24) is 10.4 Å². The van der Waals surface area contributed by atoms with Gasteiger partial charge in [0.1, 0.15) is 11.3 Å². The van der Waals surface area contributed by atoms with Crippen molar-refractivity contribution in [2.24, 2.45) is 10.2 Å². The van der Waals surface area contributed by atoms with Crippen LogP contribution in [0.15, 0.2) is 22.3 Å². The number of hydrogen-bond acceptors (Lipinski definition) is 7. The fourth-order valence-corrected chi connectivity index (χ4v) is 4.98. The predicted octanol–water partition coefficient (Wildman–Crippen LogP) is 2.90. The number of fused-ring (bicyclic) bond motifs is 1. The predicted molar refractivity (Wildman–Crippen MR) is 99.5 cm³/mol. The molecule has 0 spiro atoms. The summed E-state index contributed by atoms with van der Waals surface area (Å²) in [5.74, 6) is 0.367. The number of nitriles is 1. The van der Waals surface area contributed by atoms with Gasteiger partial charge in [0.25, 0.3) is 5.91 Å². The van der Waals surface area contributed by atoms with Crippen LogP contribution < -0.4 is 5.43 Å². The molecule has 6 nitrogen and oxygen atoms in total. The minimum absolute atomic E-state index is 0.139. The van der Waals surface area contributed by atoms with Gasteiger partial charge in [-0.3, -0.25) is 9.80 Å². The summed E-state index contributed by atoms with van der Waals surface area (Å²) in [5, 5.41) is 19.7. The highest BCUT2D eigenvalue weighted by molar-refractivity contribution is 8.39. The third-order valence-electron chi connectivity index (χ3n) is 3.49. The van der Waals surface area contributed by atoms with Crippen LogP contribution >= 0.6 is 46.7 Å². The number of nitrogens with one attached hydrogen (secondary N) is 1. The summed E-state index contributed by atoms with van der Waals surface area (Å²) in [6.45, 7) is 0. The minimum atomic E-state index is -0.295. The molecule has 2 aliphatic rings. The first-order chi connectivity index (χ1) is 11.5. The number of thioether (sulfide) groups is 2. The molecule has 0 saturated heterocycles. The number of hydrazone groups is 2. The average Bonchev–Trinajstić information content (AvgIpc) is 2.56. The number of hydrogen-bond donors (Lipinski definition) is 1. The smallest absolute Gasteiger partial charge is 0.256 e. The van der Waals surface area contributed by atoms with Gasteiger partial charge in [-0.25, -0.2) is 5.43 Å². The Hall–Kier alpha value is -1.40. The van der Waals surface area contributed by atoms with E-state index in [1.165, 1.54) is 23.5 Å². The van der Waals surface area contributed by atoms with E-state index in [9.17, 15) is 10.1 Å². The molecule has 124 valence electrons. The molecular formula is C14H11Cl2N5OS2. The number of nitrogens with zero attached hydrogens (tertiary/aromatic N) is 4. The molecule has 24 heavy (non-hydrogen) atoms. The fourth-order valence-electron chi connectivity index (χ4n) is 2.23. The SMILES string of the molecule is CN1N=C(SCc2cc(Cl)c(Cl)cc2C#N)SC2C(=O)NN=CC21. The van der Waals surface area contributed by atoms with Crippen LogP contribution in [0.2, 0.25) is 10.0 Å². The van der Waals surface area contributed by atoms with E-state index in [1.807, 2.05) is 7.05 Å². The zero-order chi connectivity index (χ0) is 17.3. The Balaban J connectivity index is 1.76. The Bertz CT molecular complexity index is 792. The molecule has 1 aromatic carbocycles. The number of amides is 1. The van der Waals surface area contributed by atoms with Crippen molar-refractivity contribution >= 4 is 63.2 Å². The minimum Gasteiger partial charge on any atom is -0.288 e. The molecule has 2 atom stereocenters. The molecule has 10 heteroatoms. The topological polar surface area (TPSA) is 80.8 Å². The first-order valence-corrected chi connectivity index (χ1v) is 9.43. The lowest BCUT2D eigenvalue weighted by molar-refractivity contribution is -0.121. The van der Waals surface area contributed by atoms with Gasteiger partial charge in [0, 0.05) is 12.8 Å². The van der Waals surface area contributed by atoms with Crippen molar-refractivity contribution in [2.45, 2.75) is 17.0 Å². The third kappa shape index (κ3) is 3.49. The van der Waals surface area contributed by atoms with E-state index in [2.05, 4.69) is 21.7 Å². The van der Waals surface area contributed by atoms with Gasteiger partial charge in [0.15, 0.2) is 4.38 Å². The maximum absolute atomic E-state index is 12.0. The van der Waals surface area contributed by atoms with E-state index in [-0.39, 0.29) is 17.2 Å². The summed E-state index contributed by atoms with van der Waals surface area (Å²) >= 11 is 14.8. The summed E-state index contributed by atoms with van der Waals surface area (Å²) in [7, 11) is 1.81. The van der Waals surface area contributed by atoms with Gasteiger partial charge >= 0.3 is 0 Å². The molecule has 3 rings (SSSR count). The molecule has 0 aromatic heterocycles. The van der Waals surface area contributed by atoms with E-state index in [0.717, 1.165) is 9.94 Å². The first-order valence-electron chi connectivity index (χ1n) is 6.81. The lowest BCUT2D eigenvalue weighted by Gasteiger charge is -2.35. The van der Waals surface area contributed by atoms with Crippen molar-refractivity contribution in [3.63, 3.8) is 0 Å². The van der Waals surface area contributed by atoms with Gasteiger partial charge in [0.05, 0.1) is 27.9 Å². The zero-order valence-corrected chi connectivity index (χ0v) is 15.5. The monoisotopic (exact) mass is 399 g/mol. The van der Waals surface area contributed by atoms with Gasteiger partial charge < -0.3 is 0 Å². The Morgan fingerprint density at radius 3 is 2.96 bits per heavy atom. The van der Waals surface area contributed by atoms with Gasteiger partial charge in [-0.05, 0) is 17.7 Å². The molecule has 2 aliphatic heterocycles. The largest absolute Gasteiger partial charge is 0.288 e. The van der Waals surface area contributed by atoms with Gasteiger partial charge in [0.2, 0.25) is 0 Å². The third-order valence-corrected chi connectivity index (χ3v) is 6.67. The highest BCUT2D eigenvalue weighted by Crippen LogP contribution is 2.34. The quantitative estimate of drug-likeness (QED) is 0.826. The van der Waals surface area contributed by atoms with Crippen molar-refractivity contribution in [2.75, 3.05) is 7.05 Å². The van der Waals surface area contributed by atoms with E-state index >= 15 is 0 Å².